The van der Waals surface area contributed by atoms with Gasteiger partial charge in [0.15, 0.2) is 0 Å². The second-order valence-corrected chi connectivity index (χ2v) is 11.3. The molecule has 10 nitrogen and oxygen atoms in total. The van der Waals surface area contributed by atoms with E-state index in [1.54, 1.807) is 48.5 Å². The van der Waals surface area contributed by atoms with Crippen LogP contribution in [0.25, 0.3) is 43.1 Å². The molecule has 0 bridgehead atoms. The number of para-hydroxylation sites is 2. The van der Waals surface area contributed by atoms with Crippen molar-refractivity contribution in [2.75, 3.05) is 9.80 Å². The zero-order valence-corrected chi connectivity index (χ0v) is 23.4. The number of rotatable bonds is 2. The molecule has 0 saturated carbocycles. The number of aromatic hydroxyl groups is 4. The highest BCUT2D eigenvalue weighted by Gasteiger charge is 2.40. The number of amides is 4. The first kappa shape index (κ1) is 25.8. The lowest BCUT2D eigenvalue weighted by molar-refractivity contribution is 0.0876. The van der Waals surface area contributed by atoms with E-state index in [1.807, 2.05) is 0 Å². The molecule has 46 heavy (non-hydrogen) atoms. The van der Waals surface area contributed by atoms with Crippen molar-refractivity contribution < 1.29 is 39.6 Å². The van der Waals surface area contributed by atoms with Crippen molar-refractivity contribution in [3.63, 3.8) is 0 Å². The summed E-state index contributed by atoms with van der Waals surface area (Å²) >= 11 is 0. The smallest absolute Gasteiger partial charge is 0.266 e. The van der Waals surface area contributed by atoms with Gasteiger partial charge in [-0.1, -0.05) is 36.4 Å². The Labute approximate surface area is 257 Å². The van der Waals surface area contributed by atoms with Gasteiger partial charge in [-0.2, -0.15) is 0 Å². The summed E-state index contributed by atoms with van der Waals surface area (Å²) in [6.45, 7) is 0. The van der Waals surface area contributed by atoms with Crippen molar-refractivity contribution in [1.82, 2.24) is 0 Å². The van der Waals surface area contributed by atoms with Crippen LogP contribution < -0.4 is 9.80 Å². The van der Waals surface area contributed by atoms with Crippen LogP contribution in [0.5, 0.6) is 23.0 Å². The molecule has 0 saturated heterocycles. The van der Waals surface area contributed by atoms with E-state index in [1.165, 1.54) is 36.4 Å². The van der Waals surface area contributed by atoms with E-state index >= 15 is 0 Å². The first-order valence-corrected chi connectivity index (χ1v) is 14.2. The molecule has 10 heteroatoms. The van der Waals surface area contributed by atoms with Crippen molar-refractivity contribution in [2.24, 2.45) is 0 Å². The number of fused-ring (bicyclic) bond motifs is 2. The van der Waals surface area contributed by atoms with E-state index in [-0.39, 0.29) is 33.6 Å². The molecule has 0 unspecified atom stereocenters. The van der Waals surface area contributed by atoms with Gasteiger partial charge in [0.25, 0.3) is 23.6 Å². The molecule has 0 aliphatic carbocycles. The van der Waals surface area contributed by atoms with Gasteiger partial charge in [-0.15, -0.1) is 0 Å². The van der Waals surface area contributed by atoms with Gasteiger partial charge in [-0.3, -0.25) is 19.2 Å². The third-order valence-corrected chi connectivity index (χ3v) is 9.07. The molecule has 0 fully saturated rings. The highest BCUT2D eigenvalue weighted by atomic mass is 16.3. The number of hydrogen-bond donors (Lipinski definition) is 4. The second kappa shape index (κ2) is 8.48. The average molecular weight is 607 g/mol. The number of hydrogen-bond acceptors (Lipinski definition) is 8. The van der Waals surface area contributed by atoms with Gasteiger partial charge >= 0.3 is 0 Å². The van der Waals surface area contributed by atoms with Crippen LogP contribution >= 0.6 is 0 Å². The molecule has 2 heterocycles. The quantitative estimate of drug-likeness (QED) is 0.104. The molecule has 0 spiro atoms. The minimum Gasteiger partial charge on any atom is -0.506 e. The first-order valence-electron chi connectivity index (χ1n) is 14.2. The zero-order chi connectivity index (χ0) is 31.8. The predicted octanol–water partition coefficient (Wildman–Crippen LogP) is 6.16. The highest BCUT2D eigenvalue weighted by Crippen LogP contribution is 2.49. The summed E-state index contributed by atoms with van der Waals surface area (Å²) in [4.78, 5) is 57.0. The lowest BCUT2D eigenvalue weighted by Crippen LogP contribution is -2.40. The summed E-state index contributed by atoms with van der Waals surface area (Å²) < 4.78 is 0. The molecule has 0 aromatic heterocycles. The fourth-order valence-electron chi connectivity index (χ4n) is 7.17. The van der Waals surface area contributed by atoms with Crippen LogP contribution in [0.4, 0.5) is 11.4 Å². The van der Waals surface area contributed by atoms with E-state index in [2.05, 4.69) is 0 Å². The molecule has 2 aliphatic heterocycles. The van der Waals surface area contributed by atoms with Gasteiger partial charge in [0.05, 0.1) is 0 Å². The summed E-state index contributed by atoms with van der Waals surface area (Å²) in [5.74, 6) is -4.55. The van der Waals surface area contributed by atoms with Crippen LogP contribution in [-0.4, -0.2) is 44.1 Å². The third-order valence-electron chi connectivity index (χ3n) is 9.07. The van der Waals surface area contributed by atoms with E-state index in [0.717, 1.165) is 9.80 Å². The number of carbonyl (C=O) groups excluding carboxylic acids is 4. The first-order chi connectivity index (χ1) is 22.2. The number of nitrogens with zero attached hydrogens (tertiary/aromatic N) is 2. The number of carbonyl (C=O) groups is 4. The molecule has 9 rings (SSSR count). The molecule has 7 aromatic rings. The maximum Gasteiger partial charge on any atom is 0.266 e. The predicted molar refractivity (Wildman–Crippen MR) is 169 cm³/mol. The summed E-state index contributed by atoms with van der Waals surface area (Å²) in [7, 11) is 0. The Morgan fingerprint density at radius 2 is 0.609 bits per heavy atom. The van der Waals surface area contributed by atoms with E-state index in [4.69, 9.17) is 0 Å². The average Bonchev–Trinajstić information content (AvgIpc) is 3.04. The van der Waals surface area contributed by atoms with Crippen molar-refractivity contribution in [3.8, 4) is 23.0 Å². The summed E-state index contributed by atoms with van der Waals surface area (Å²) in [5.41, 5.74) is 0.208. The minimum absolute atomic E-state index is 0.204. The maximum absolute atomic E-state index is 13.9. The normalized spacial score (nSPS) is 14.5. The van der Waals surface area contributed by atoms with Gasteiger partial charge in [0.1, 0.15) is 34.4 Å². The monoisotopic (exact) mass is 606 g/mol. The van der Waals surface area contributed by atoms with Gasteiger partial charge in [0, 0.05) is 33.0 Å². The van der Waals surface area contributed by atoms with Crippen molar-refractivity contribution in [1.29, 1.82) is 0 Å². The van der Waals surface area contributed by atoms with Gasteiger partial charge in [-0.25, -0.2) is 9.80 Å². The van der Waals surface area contributed by atoms with Crippen molar-refractivity contribution >= 4 is 78.1 Å². The molecule has 2 aliphatic rings. The van der Waals surface area contributed by atoms with Crippen LogP contribution in [0.2, 0.25) is 0 Å². The van der Waals surface area contributed by atoms with E-state index in [0.29, 0.717) is 43.1 Å². The minimum atomic E-state index is -0.710. The molecule has 4 amide bonds. The Bertz CT molecular complexity index is 2280. The molecule has 220 valence electrons. The number of phenols is 4. The number of benzene rings is 7. The number of phenolic OH excluding ortho intramolecular Hbond substituents is 4. The van der Waals surface area contributed by atoms with Crippen molar-refractivity contribution in [3.05, 3.63) is 107 Å². The third kappa shape index (κ3) is 2.94. The lowest BCUT2D eigenvalue weighted by atomic mass is 9.82. The number of imide groups is 2. The van der Waals surface area contributed by atoms with Gasteiger partial charge in [0.2, 0.25) is 0 Å². The highest BCUT2D eigenvalue weighted by molar-refractivity contribution is 6.45. The topological polar surface area (TPSA) is 156 Å². The van der Waals surface area contributed by atoms with Crippen LogP contribution in [0.15, 0.2) is 84.9 Å². The van der Waals surface area contributed by atoms with Gasteiger partial charge < -0.3 is 20.4 Å². The Morgan fingerprint density at radius 1 is 0.348 bits per heavy atom. The largest absolute Gasteiger partial charge is 0.506 e. The number of anilines is 2. The molecular weight excluding hydrogens is 588 g/mol. The summed E-state index contributed by atoms with van der Waals surface area (Å²) in [5, 5.41) is 46.8. The van der Waals surface area contributed by atoms with E-state index < -0.39 is 46.6 Å². The zero-order valence-electron chi connectivity index (χ0n) is 23.4. The molecule has 0 atom stereocenters. The SMILES string of the molecule is O=C1c2ccc3c4ccc5c6c(ccc(c7ccc(c2c37)C(=O)N1c1c(O)cccc1O)c64)C(=O)N(c1c(O)cccc1O)C5=O. The van der Waals surface area contributed by atoms with Crippen LogP contribution in [0, 0.1) is 0 Å². The van der Waals surface area contributed by atoms with Gasteiger partial charge in [-0.05, 0) is 80.8 Å². The Morgan fingerprint density at radius 3 is 0.870 bits per heavy atom. The fraction of sp³-hybridized carbons (Fsp3) is 0. The Hall–Kier alpha value is -6.68. The molecule has 0 radical (unpaired) electrons. The second-order valence-electron chi connectivity index (χ2n) is 11.3. The van der Waals surface area contributed by atoms with Crippen LogP contribution in [0.3, 0.4) is 0 Å². The Balaban J connectivity index is 1.32. The van der Waals surface area contributed by atoms with E-state index in [9.17, 15) is 39.6 Å². The van der Waals surface area contributed by atoms with Crippen LogP contribution in [0.1, 0.15) is 41.4 Å². The lowest BCUT2D eigenvalue weighted by Gasteiger charge is -2.30. The molecule has 4 N–H and O–H groups in total. The standard InChI is InChI=1S/C36H18N2O8/c39-23-3-1-4-24(40)31(23)37-33(43)19-11-7-15-17-9-13-21-30-22(36(46)38(35(21)45)32-25(41)5-2-6-26(32)42)14-10-18(28(17)30)16-8-12-20(34(37)44)29(19)27(15)16/h1-14,39-42H. The maximum atomic E-state index is 13.9. The van der Waals surface area contributed by atoms with Crippen molar-refractivity contribution in [2.45, 2.75) is 0 Å². The summed E-state index contributed by atoms with van der Waals surface area (Å²) in [6, 6.07) is 21.2. The Kier molecular flexibility index (Phi) is 4.76. The van der Waals surface area contributed by atoms with Crippen LogP contribution in [-0.2, 0) is 0 Å². The molecule has 7 aromatic carbocycles. The summed E-state index contributed by atoms with van der Waals surface area (Å²) in [6.07, 6.45) is 0. The fourth-order valence-corrected chi connectivity index (χ4v) is 7.17. The molecular formula is C36H18N2O8.